The highest BCUT2D eigenvalue weighted by Crippen LogP contribution is 2.66. The molecule has 3 aliphatic rings. The van der Waals surface area contributed by atoms with E-state index in [0.717, 1.165) is 6.61 Å². The predicted molar refractivity (Wildman–Crippen MR) is 54.2 cm³/mol. The maximum atomic E-state index is 6.26. The van der Waals surface area contributed by atoms with Gasteiger partial charge in [-0.05, 0) is 50.9 Å². The maximum Gasteiger partial charge on any atom is 0.0899 e. The molecule has 1 saturated heterocycles. The standard InChI is InChI=1S/C12H20O2/c1-10(9-13-2)7-11(3-4-11)8-12(14-10)5-6-12/h3-9H2,1-2H3. The molecule has 0 aromatic heterocycles. The minimum Gasteiger partial charge on any atom is -0.382 e. The molecule has 2 heteroatoms. The lowest BCUT2D eigenvalue weighted by Gasteiger charge is -2.43. The molecule has 3 rings (SSSR count). The molecule has 0 aromatic rings. The quantitative estimate of drug-likeness (QED) is 0.675. The molecule has 2 saturated carbocycles. The Bertz CT molecular complexity index is 231. The van der Waals surface area contributed by atoms with Crippen LogP contribution in [0.1, 0.15) is 45.4 Å². The molecule has 1 atom stereocenters. The number of hydrogen-bond acceptors (Lipinski definition) is 2. The van der Waals surface area contributed by atoms with Crippen molar-refractivity contribution in [2.75, 3.05) is 13.7 Å². The van der Waals surface area contributed by atoms with Crippen LogP contribution in [0.3, 0.4) is 0 Å². The Labute approximate surface area is 86.0 Å². The van der Waals surface area contributed by atoms with Gasteiger partial charge < -0.3 is 9.47 Å². The van der Waals surface area contributed by atoms with Crippen molar-refractivity contribution >= 4 is 0 Å². The van der Waals surface area contributed by atoms with Crippen LogP contribution in [0.4, 0.5) is 0 Å². The molecular formula is C12H20O2. The average Bonchev–Trinajstić information content (AvgIpc) is 2.94. The second-order valence-corrected chi connectivity index (χ2v) is 6.02. The smallest absolute Gasteiger partial charge is 0.0899 e. The maximum absolute atomic E-state index is 6.26. The summed E-state index contributed by atoms with van der Waals surface area (Å²) >= 11 is 0. The van der Waals surface area contributed by atoms with Crippen molar-refractivity contribution in [3.63, 3.8) is 0 Å². The molecule has 2 nitrogen and oxygen atoms in total. The second kappa shape index (κ2) is 2.53. The van der Waals surface area contributed by atoms with Crippen LogP contribution in [0.5, 0.6) is 0 Å². The van der Waals surface area contributed by atoms with Crippen LogP contribution in [0.2, 0.25) is 0 Å². The van der Waals surface area contributed by atoms with Crippen LogP contribution >= 0.6 is 0 Å². The third-order valence-corrected chi connectivity index (χ3v) is 4.12. The molecule has 3 fully saturated rings. The first-order valence-electron chi connectivity index (χ1n) is 5.79. The van der Waals surface area contributed by atoms with E-state index in [1.165, 1.54) is 38.5 Å². The van der Waals surface area contributed by atoms with Crippen LogP contribution in [0, 0.1) is 5.41 Å². The highest BCUT2D eigenvalue weighted by atomic mass is 16.6. The van der Waals surface area contributed by atoms with Crippen molar-refractivity contribution in [1.29, 1.82) is 0 Å². The molecule has 80 valence electrons. The van der Waals surface area contributed by atoms with Crippen LogP contribution in [-0.4, -0.2) is 24.9 Å². The van der Waals surface area contributed by atoms with E-state index in [9.17, 15) is 0 Å². The van der Waals surface area contributed by atoms with Crippen molar-refractivity contribution in [3.8, 4) is 0 Å². The zero-order valence-electron chi connectivity index (χ0n) is 9.27. The van der Waals surface area contributed by atoms with Gasteiger partial charge in [0.15, 0.2) is 0 Å². The van der Waals surface area contributed by atoms with Gasteiger partial charge in [-0.2, -0.15) is 0 Å². The largest absolute Gasteiger partial charge is 0.382 e. The van der Waals surface area contributed by atoms with Gasteiger partial charge >= 0.3 is 0 Å². The van der Waals surface area contributed by atoms with Gasteiger partial charge in [-0.25, -0.2) is 0 Å². The SMILES string of the molecule is COCC1(C)CC2(CC2)CC2(CC2)O1. The Morgan fingerprint density at radius 3 is 2.36 bits per heavy atom. The second-order valence-electron chi connectivity index (χ2n) is 6.02. The zero-order valence-corrected chi connectivity index (χ0v) is 9.27. The van der Waals surface area contributed by atoms with Gasteiger partial charge in [0.05, 0.1) is 17.8 Å². The minimum absolute atomic E-state index is 0. The summed E-state index contributed by atoms with van der Waals surface area (Å²) in [5.74, 6) is 0. The number of rotatable bonds is 2. The van der Waals surface area contributed by atoms with E-state index in [2.05, 4.69) is 6.92 Å². The fraction of sp³-hybridized carbons (Fsp3) is 1.00. The molecule has 2 spiro atoms. The highest BCUT2D eigenvalue weighted by Gasteiger charge is 2.62. The average molecular weight is 196 g/mol. The molecule has 1 heterocycles. The van der Waals surface area contributed by atoms with E-state index in [0.29, 0.717) is 5.41 Å². The summed E-state index contributed by atoms with van der Waals surface area (Å²) in [7, 11) is 1.78. The first-order valence-corrected chi connectivity index (χ1v) is 5.79. The first-order chi connectivity index (χ1) is 6.60. The highest BCUT2D eigenvalue weighted by molar-refractivity contribution is 5.13. The van der Waals surface area contributed by atoms with Gasteiger partial charge in [-0.15, -0.1) is 0 Å². The van der Waals surface area contributed by atoms with Crippen molar-refractivity contribution in [2.24, 2.45) is 5.41 Å². The predicted octanol–water partition coefficient (Wildman–Crippen LogP) is 2.51. The van der Waals surface area contributed by atoms with Crippen molar-refractivity contribution in [1.82, 2.24) is 0 Å². The molecule has 1 aliphatic heterocycles. The van der Waals surface area contributed by atoms with E-state index in [4.69, 9.17) is 9.47 Å². The summed E-state index contributed by atoms with van der Waals surface area (Å²) in [6.07, 6.45) is 7.98. The van der Waals surface area contributed by atoms with Crippen LogP contribution in [0.25, 0.3) is 0 Å². The Balaban J connectivity index is 1.79. The van der Waals surface area contributed by atoms with E-state index in [-0.39, 0.29) is 11.2 Å². The first kappa shape index (κ1) is 9.17. The Morgan fingerprint density at radius 1 is 1.14 bits per heavy atom. The summed E-state index contributed by atoms with van der Waals surface area (Å²) in [6, 6.07) is 0. The Kier molecular flexibility index (Phi) is 1.66. The lowest BCUT2D eigenvalue weighted by molar-refractivity contribution is -0.178. The van der Waals surface area contributed by atoms with E-state index < -0.39 is 0 Å². The normalized spacial score (nSPS) is 41.6. The molecule has 0 amide bonds. The number of methoxy groups -OCH3 is 1. The summed E-state index contributed by atoms with van der Waals surface area (Å²) in [5, 5.41) is 0. The third-order valence-electron chi connectivity index (χ3n) is 4.12. The topological polar surface area (TPSA) is 18.5 Å². The van der Waals surface area contributed by atoms with E-state index in [1.807, 2.05) is 0 Å². The van der Waals surface area contributed by atoms with Gasteiger partial charge in [0.25, 0.3) is 0 Å². The fourth-order valence-electron chi connectivity index (χ4n) is 3.47. The lowest BCUT2D eigenvalue weighted by atomic mass is 9.81. The van der Waals surface area contributed by atoms with E-state index >= 15 is 0 Å². The Morgan fingerprint density at radius 2 is 1.86 bits per heavy atom. The van der Waals surface area contributed by atoms with Gasteiger partial charge in [0, 0.05) is 7.11 Å². The monoisotopic (exact) mass is 196 g/mol. The lowest BCUT2D eigenvalue weighted by Crippen LogP contribution is -2.47. The molecular weight excluding hydrogens is 176 g/mol. The zero-order chi connectivity index (χ0) is 9.86. The molecule has 0 aromatic carbocycles. The molecule has 14 heavy (non-hydrogen) atoms. The molecule has 0 N–H and O–H groups in total. The molecule has 2 aliphatic carbocycles. The van der Waals surface area contributed by atoms with Crippen LogP contribution < -0.4 is 0 Å². The van der Waals surface area contributed by atoms with Crippen LogP contribution in [0.15, 0.2) is 0 Å². The van der Waals surface area contributed by atoms with Gasteiger partial charge in [-0.3, -0.25) is 0 Å². The fourth-order valence-corrected chi connectivity index (χ4v) is 3.47. The summed E-state index contributed by atoms with van der Waals surface area (Å²) in [4.78, 5) is 0. The van der Waals surface area contributed by atoms with Crippen molar-refractivity contribution < 1.29 is 9.47 Å². The summed E-state index contributed by atoms with van der Waals surface area (Å²) in [6.45, 7) is 2.99. The molecule has 1 unspecified atom stereocenters. The molecule has 0 bridgehead atoms. The van der Waals surface area contributed by atoms with Gasteiger partial charge in [0.2, 0.25) is 0 Å². The van der Waals surface area contributed by atoms with E-state index in [1.54, 1.807) is 7.11 Å². The minimum atomic E-state index is 0. The molecule has 0 radical (unpaired) electrons. The summed E-state index contributed by atoms with van der Waals surface area (Å²) < 4.78 is 11.6. The number of hydrogen-bond donors (Lipinski definition) is 0. The van der Waals surface area contributed by atoms with Crippen molar-refractivity contribution in [2.45, 2.75) is 56.7 Å². The summed E-state index contributed by atoms with van der Waals surface area (Å²) in [5.41, 5.74) is 0.935. The number of ether oxygens (including phenoxy) is 2. The van der Waals surface area contributed by atoms with Crippen LogP contribution in [-0.2, 0) is 9.47 Å². The van der Waals surface area contributed by atoms with Gasteiger partial charge in [0.1, 0.15) is 0 Å². The van der Waals surface area contributed by atoms with Crippen molar-refractivity contribution in [3.05, 3.63) is 0 Å². The van der Waals surface area contributed by atoms with Gasteiger partial charge in [-0.1, -0.05) is 0 Å². The third kappa shape index (κ3) is 1.40. The Hall–Kier alpha value is -0.0800.